The number of hydrogen-bond donors (Lipinski definition) is 0. The molecule has 60 heavy (non-hydrogen) atoms. The van der Waals surface area contributed by atoms with E-state index >= 15 is 0 Å². The van der Waals surface area contributed by atoms with Gasteiger partial charge in [-0.2, -0.15) is 0 Å². The van der Waals surface area contributed by atoms with Gasteiger partial charge in [-0.3, -0.25) is 0 Å². The molecule has 4 nitrogen and oxygen atoms in total. The van der Waals surface area contributed by atoms with Crippen molar-refractivity contribution in [2.75, 3.05) is 4.90 Å². The lowest BCUT2D eigenvalue weighted by Gasteiger charge is -2.29. The van der Waals surface area contributed by atoms with Gasteiger partial charge in [-0.1, -0.05) is 153 Å². The van der Waals surface area contributed by atoms with Crippen molar-refractivity contribution in [3.8, 4) is 44.8 Å². The minimum Gasteiger partial charge on any atom is -0.456 e. The van der Waals surface area contributed by atoms with E-state index in [4.69, 9.17) is 23.4 Å². The number of aromatic nitrogens is 1. The molecular formula is C56H38N2O2. The number of anilines is 3. The minimum atomic E-state index is -0.795. The molecule has 2 heterocycles. The second kappa shape index (κ2) is 13.2. The molecule has 1 aliphatic rings. The van der Waals surface area contributed by atoms with E-state index in [-0.39, 0.29) is 11.6 Å². The van der Waals surface area contributed by atoms with E-state index in [1.807, 2.05) is 103 Å². The molecular weight excluding hydrogens is 733 g/mol. The third kappa shape index (κ3) is 5.34. The Morgan fingerprint density at radius 3 is 1.98 bits per heavy atom. The van der Waals surface area contributed by atoms with Crippen LogP contribution < -0.4 is 4.90 Å². The first kappa shape index (κ1) is 23.6. The summed E-state index contributed by atoms with van der Waals surface area (Å²) in [5, 5.41) is 3.08. The molecule has 9 aromatic carbocycles. The molecule has 1 aliphatic carbocycles. The van der Waals surface area contributed by atoms with Crippen LogP contribution in [-0.2, 0) is 5.41 Å². The number of fused-ring (bicyclic) bond motifs is 9. The van der Waals surface area contributed by atoms with Crippen LogP contribution in [0.15, 0.2) is 203 Å². The first-order chi connectivity index (χ1) is 34.9. The van der Waals surface area contributed by atoms with Crippen molar-refractivity contribution in [2.45, 2.75) is 19.3 Å². The molecule has 2 aromatic heterocycles. The molecule has 12 rings (SSSR count). The summed E-state index contributed by atoms with van der Waals surface area (Å²) in [6.07, 6.45) is 0. The van der Waals surface area contributed by atoms with Crippen molar-refractivity contribution in [3.05, 3.63) is 205 Å². The number of oxazole rings is 1. The Kier molecular flexibility index (Phi) is 5.19. The van der Waals surface area contributed by atoms with Crippen LogP contribution in [0.2, 0.25) is 0 Å². The molecule has 0 unspecified atom stereocenters. The van der Waals surface area contributed by atoms with Crippen LogP contribution in [0, 0.1) is 0 Å². The van der Waals surface area contributed by atoms with Crippen molar-refractivity contribution in [2.24, 2.45) is 0 Å². The third-order valence-electron chi connectivity index (χ3n) is 11.5. The number of nitrogens with zero attached hydrogens (tertiary/aromatic N) is 2. The number of furan rings is 1. The average Bonchev–Trinajstić information content (AvgIpc) is 4.07. The van der Waals surface area contributed by atoms with Gasteiger partial charge in [-0.15, -0.1) is 0 Å². The Morgan fingerprint density at radius 2 is 1.18 bits per heavy atom. The zero-order chi connectivity index (χ0) is 51.3. The van der Waals surface area contributed by atoms with Crippen LogP contribution in [0.4, 0.5) is 17.1 Å². The molecule has 0 spiro atoms. The summed E-state index contributed by atoms with van der Waals surface area (Å²) in [7, 11) is 0. The number of benzene rings is 9. The van der Waals surface area contributed by atoms with E-state index in [9.17, 15) is 8.22 Å². The lowest BCUT2D eigenvalue weighted by Crippen LogP contribution is -2.16. The Labute approximate surface area is 365 Å². The largest absolute Gasteiger partial charge is 0.456 e. The molecule has 0 atom stereocenters. The summed E-state index contributed by atoms with van der Waals surface area (Å²) >= 11 is 0. The van der Waals surface area contributed by atoms with Crippen molar-refractivity contribution < 1.29 is 26.7 Å². The summed E-state index contributed by atoms with van der Waals surface area (Å²) in [5.74, 6) is 0.255. The molecule has 0 fully saturated rings. The Bertz CT molecular complexity index is 4140. The minimum absolute atomic E-state index is 0.205. The van der Waals surface area contributed by atoms with Gasteiger partial charge in [0.1, 0.15) is 16.7 Å². The first-order valence-corrected chi connectivity index (χ1v) is 19.5. The van der Waals surface area contributed by atoms with Gasteiger partial charge in [-0.25, -0.2) is 4.98 Å². The quantitative estimate of drug-likeness (QED) is 0.168. The van der Waals surface area contributed by atoms with Crippen LogP contribution in [0.1, 0.15) is 42.8 Å². The lowest BCUT2D eigenvalue weighted by molar-refractivity contribution is 0.619. The van der Waals surface area contributed by atoms with Gasteiger partial charge >= 0.3 is 0 Å². The van der Waals surface area contributed by atoms with Gasteiger partial charge in [0.05, 0.1) is 28.9 Å². The van der Waals surface area contributed by atoms with E-state index in [0.717, 1.165) is 38.4 Å². The molecule has 0 bridgehead atoms. The van der Waals surface area contributed by atoms with Crippen molar-refractivity contribution in [3.63, 3.8) is 0 Å². The maximum Gasteiger partial charge on any atom is 0.227 e. The van der Waals surface area contributed by atoms with E-state index in [0.29, 0.717) is 44.6 Å². The highest BCUT2D eigenvalue weighted by molar-refractivity contribution is 6.23. The average molecular weight is 784 g/mol. The molecule has 0 amide bonds. The van der Waals surface area contributed by atoms with Crippen LogP contribution >= 0.6 is 0 Å². The molecule has 0 aliphatic heterocycles. The first-order valence-electron chi connectivity index (χ1n) is 26.0. The fraction of sp³-hybridized carbons (Fsp3) is 0.0536. The normalized spacial score (nSPS) is 16.0. The van der Waals surface area contributed by atoms with Crippen molar-refractivity contribution in [1.82, 2.24) is 4.98 Å². The third-order valence-corrected chi connectivity index (χ3v) is 11.5. The molecule has 284 valence electrons. The molecule has 0 saturated heterocycles. The second-order valence-corrected chi connectivity index (χ2v) is 15.3. The molecule has 4 heteroatoms. The standard InChI is InChI=1S/C56H38N2O2/c1-56(2)46-17-9-8-16-44(46)45-30-29-42(34-47(45)56)58(41-27-24-38(25-28-41)37-22-20-36(21-23-37)35-12-4-3-5-13-35)49-32-40(55-57-48-18-10-11-19-50(48)60-55)33-52-54(49)53-43-15-7-6-14-39(43)26-31-51(53)59-52/h3-34H,1-2H3/i3D,4D,5D,12D,13D,20D,21D,22D,23D,24D,25D,27D,28D. The van der Waals surface area contributed by atoms with Crippen LogP contribution in [0.25, 0.3) is 88.6 Å². The van der Waals surface area contributed by atoms with Crippen LogP contribution in [0.3, 0.4) is 0 Å². The maximum atomic E-state index is 9.98. The summed E-state index contributed by atoms with van der Waals surface area (Å²) < 4.78 is 131. The SMILES string of the molecule is [2H]c1c([2H])c([2H])c(-c2c([2H])c([2H])c(-c3c([2H])c([2H])c(N(c4ccc5c(c4)C(C)(C)c4ccccc4-5)c4cc(-c5nc6ccccc6o5)cc5oc6ccc7ccccc7c6c45)c([2H])c3[2H])c([2H])c2[2H])c([2H])c1[2H]. The highest BCUT2D eigenvalue weighted by atomic mass is 16.3. The Morgan fingerprint density at radius 1 is 0.500 bits per heavy atom. The molecule has 0 saturated carbocycles. The van der Waals surface area contributed by atoms with Gasteiger partial charge in [0.25, 0.3) is 0 Å². The number of para-hydroxylation sites is 2. The van der Waals surface area contributed by atoms with Gasteiger partial charge in [-0.05, 0) is 110 Å². The summed E-state index contributed by atoms with van der Waals surface area (Å²) in [6.45, 7) is 4.25. The smallest absolute Gasteiger partial charge is 0.227 e. The highest BCUT2D eigenvalue weighted by Gasteiger charge is 2.36. The van der Waals surface area contributed by atoms with Gasteiger partial charge < -0.3 is 13.7 Å². The molecule has 0 radical (unpaired) electrons. The van der Waals surface area contributed by atoms with Crippen LogP contribution in [0.5, 0.6) is 0 Å². The fourth-order valence-corrected chi connectivity index (χ4v) is 8.64. The van der Waals surface area contributed by atoms with Crippen molar-refractivity contribution in [1.29, 1.82) is 0 Å². The zero-order valence-corrected chi connectivity index (χ0v) is 32.2. The van der Waals surface area contributed by atoms with Crippen LogP contribution in [-0.4, -0.2) is 4.98 Å². The summed E-state index contributed by atoms with van der Waals surface area (Å²) in [4.78, 5) is 6.51. The molecule has 11 aromatic rings. The highest BCUT2D eigenvalue weighted by Crippen LogP contribution is 2.52. The topological polar surface area (TPSA) is 42.4 Å². The van der Waals surface area contributed by atoms with E-state index in [2.05, 4.69) is 26.0 Å². The van der Waals surface area contributed by atoms with Crippen molar-refractivity contribution >= 4 is 60.9 Å². The number of hydrogen-bond acceptors (Lipinski definition) is 4. The Hall–Kier alpha value is -7.69. The van der Waals surface area contributed by atoms with Gasteiger partial charge in [0.15, 0.2) is 5.58 Å². The van der Waals surface area contributed by atoms with Gasteiger partial charge in [0.2, 0.25) is 5.89 Å². The monoisotopic (exact) mass is 783 g/mol. The fourth-order valence-electron chi connectivity index (χ4n) is 8.64. The Balaban J connectivity index is 1.17. The maximum absolute atomic E-state index is 9.98. The second-order valence-electron chi connectivity index (χ2n) is 15.3. The predicted octanol–water partition coefficient (Wildman–Crippen LogP) is 15.7. The zero-order valence-electron chi connectivity index (χ0n) is 45.2. The van der Waals surface area contributed by atoms with E-state index in [1.165, 1.54) is 0 Å². The summed E-state index contributed by atoms with van der Waals surface area (Å²) in [6, 6.07) is 27.3. The molecule has 0 N–H and O–H groups in total. The summed E-state index contributed by atoms with van der Waals surface area (Å²) in [5.41, 5.74) is 4.59. The van der Waals surface area contributed by atoms with Gasteiger partial charge in [0, 0.05) is 27.7 Å². The van der Waals surface area contributed by atoms with E-state index in [1.54, 1.807) is 4.90 Å². The lowest BCUT2D eigenvalue weighted by atomic mass is 9.82. The van der Waals surface area contributed by atoms with E-state index < -0.39 is 106 Å². The predicted molar refractivity (Wildman–Crippen MR) is 247 cm³/mol. The number of rotatable bonds is 6.